The zero-order valence-electron chi connectivity index (χ0n) is 16.4. The van der Waals surface area contributed by atoms with Crippen LogP contribution in [0.15, 0.2) is 18.2 Å². The van der Waals surface area contributed by atoms with E-state index in [1.807, 2.05) is 0 Å². The van der Waals surface area contributed by atoms with Crippen molar-refractivity contribution in [3.63, 3.8) is 0 Å². The first-order chi connectivity index (χ1) is 13.6. The first kappa shape index (κ1) is 23.7. The van der Waals surface area contributed by atoms with E-state index >= 15 is 0 Å². The van der Waals surface area contributed by atoms with Crippen LogP contribution >= 0.6 is 0 Å². The second kappa shape index (κ2) is 11.0. The monoisotopic (exact) mass is 433 g/mol. The summed E-state index contributed by atoms with van der Waals surface area (Å²) in [5.41, 5.74) is 0.173. The van der Waals surface area contributed by atoms with Crippen molar-refractivity contribution in [1.29, 1.82) is 0 Å². The fourth-order valence-electron chi connectivity index (χ4n) is 3.53. The molecule has 2 nitrogen and oxygen atoms in total. The van der Waals surface area contributed by atoms with Gasteiger partial charge in [0, 0.05) is 14.4 Å². The number of aliphatic hydroxyl groups is 1. The normalized spacial score (nSPS) is 18.0. The van der Waals surface area contributed by atoms with Gasteiger partial charge in [0.2, 0.25) is 0 Å². The Hall–Kier alpha value is -1.59. The lowest BCUT2D eigenvalue weighted by Gasteiger charge is -2.28. The molecule has 0 saturated carbocycles. The van der Waals surface area contributed by atoms with Crippen molar-refractivity contribution in [2.45, 2.75) is 75.8 Å². The van der Waals surface area contributed by atoms with Crippen molar-refractivity contribution in [2.24, 2.45) is 5.92 Å². The summed E-state index contributed by atoms with van der Waals surface area (Å²) in [6.45, 7) is 1.59. The molecule has 1 aliphatic heterocycles. The van der Waals surface area contributed by atoms with E-state index in [-0.39, 0.29) is 5.56 Å². The molecule has 1 heterocycles. The molecule has 2 unspecified atom stereocenters. The summed E-state index contributed by atoms with van der Waals surface area (Å²) < 4.78 is 66.6. The van der Waals surface area contributed by atoms with Gasteiger partial charge in [-0.25, -0.2) is 8.78 Å². The zero-order valence-corrected chi connectivity index (χ0v) is 17.4. The molecule has 8 heteroatoms. The summed E-state index contributed by atoms with van der Waals surface area (Å²) in [4.78, 5) is 0. The topological polar surface area (TPSA) is 29.5 Å². The molecular formula is C21H26F5O2Si. The highest BCUT2D eigenvalue weighted by Gasteiger charge is 2.32. The van der Waals surface area contributed by atoms with E-state index < -0.39 is 39.0 Å². The Bertz CT molecular complexity index is 703. The summed E-state index contributed by atoms with van der Waals surface area (Å²) in [6.07, 6.45) is -2.37. The maximum absolute atomic E-state index is 13.7. The SMILES string of the molecule is CC(F)CCC[Si]1CCC(CC(O)C#Cc2ccc(OC(F)(F)F)c(F)c2)CC1. The molecule has 1 saturated heterocycles. The van der Waals surface area contributed by atoms with Gasteiger partial charge < -0.3 is 9.84 Å². The van der Waals surface area contributed by atoms with Crippen LogP contribution in [-0.2, 0) is 0 Å². The standard InChI is InChI=1S/C21H26F5O2Si/c1-15(22)3-2-10-29-11-8-17(9-12-29)13-18(27)6-4-16-5-7-20(19(23)14-16)28-21(24,25)26/h5,7,14-15,17-18,27H,2-3,8-13H2,1H3. The van der Waals surface area contributed by atoms with Crippen LogP contribution in [0.3, 0.4) is 0 Å². The van der Waals surface area contributed by atoms with E-state index in [4.69, 9.17) is 0 Å². The number of aliphatic hydroxyl groups excluding tert-OH is 1. The number of alkyl halides is 4. The van der Waals surface area contributed by atoms with Gasteiger partial charge in [0.25, 0.3) is 0 Å². The van der Waals surface area contributed by atoms with Crippen LogP contribution in [0.1, 0.15) is 44.6 Å². The van der Waals surface area contributed by atoms with E-state index in [0.29, 0.717) is 18.8 Å². The number of halogens is 5. The number of hydrogen-bond donors (Lipinski definition) is 1. The number of ether oxygens (including phenoxy) is 1. The van der Waals surface area contributed by atoms with Gasteiger partial charge in [-0.2, -0.15) is 0 Å². The van der Waals surface area contributed by atoms with Gasteiger partial charge in [0.15, 0.2) is 11.6 Å². The molecule has 1 aromatic carbocycles. The predicted octanol–water partition coefficient (Wildman–Crippen LogP) is 5.87. The van der Waals surface area contributed by atoms with Crippen LogP contribution in [-0.4, -0.2) is 32.5 Å². The van der Waals surface area contributed by atoms with Crippen molar-refractivity contribution in [2.75, 3.05) is 0 Å². The number of hydrogen-bond acceptors (Lipinski definition) is 2. The molecule has 2 rings (SSSR count). The van der Waals surface area contributed by atoms with Crippen LogP contribution in [0.5, 0.6) is 5.75 Å². The van der Waals surface area contributed by atoms with Gasteiger partial charge >= 0.3 is 6.36 Å². The van der Waals surface area contributed by atoms with Crippen molar-refractivity contribution in [1.82, 2.24) is 0 Å². The van der Waals surface area contributed by atoms with Gasteiger partial charge in [0.1, 0.15) is 6.10 Å². The molecule has 2 atom stereocenters. The van der Waals surface area contributed by atoms with Gasteiger partial charge in [-0.05, 0) is 43.9 Å². The fraction of sp³-hybridized carbons (Fsp3) is 0.619. The highest BCUT2D eigenvalue weighted by Crippen LogP contribution is 2.31. The van der Waals surface area contributed by atoms with E-state index in [1.54, 1.807) is 6.92 Å². The van der Waals surface area contributed by atoms with Gasteiger partial charge in [-0.15, -0.1) is 13.2 Å². The lowest BCUT2D eigenvalue weighted by Crippen LogP contribution is -2.23. The molecular weight excluding hydrogens is 407 g/mol. The molecule has 29 heavy (non-hydrogen) atoms. The minimum absolute atomic E-state index is 0.173. The van der Waals surface area contributed by atoms with Crippen LogP contribution in [0.2, 0.25) is 18.1 Å². The molecule has 1 N–H and O–H groups in total. The highest BCUT2D eigenvalue weighted by atomic mass is 28.3. The maximum atomic E-state index is 13.7. The summed E-state index contributed by atoms with van der Waals surface area (Å²) in [6, 6.07) is 6.43. The first-order valence-electron chi connectivity index (χ1n) is 9.85. The molecule has 1 radical (unpaired) electrons. The lowest BCUT2D eigenvalue weighted by atomic mass is 9.95. The molecule has 161 valence electrons. The van der Waals surface area contributed by atoms with Crippen LogP contribution in [0.25, 0.3) is 0 Å². The number of rotatable bonds is 7. The van der Waals surface area contributed by atoms with E-state index in [2.05, 4.69) is 16.6 Å². The number of benzene rings is 1. The van der Waals surface area contributed by atoms with Crippen molar-refractivity contribution in [3.8, 4) is 17.6 Å². The Kier molecular flexibility index (Phi) is 8.96. The average Bonchev–Trinajstić information content (AvgIpc) is 2.62. The van der Waals surface area contributed by atoms with E-state index in [9.17, 15) is 27.1 Å². The van der Waals surface area contributed by atoms with Crippen LogP contribution in [0.4, 0.5) is 22.0 Å². The Morgan fingerprint density at radius 3 is 2.55 bits per heavy atom. The molecule has 0 aromatic heterocycles. The maximum Gasteiger partial charge on any atom is 0.573 e. The van der Waals surface area contributed by atoms with Crippen molar-refractivity contribution >= 4 is 8.80 Å². The molecule has 0 amide bonds. The quantitative estimate of drug-likeness (QED) is 0.331. The lowest BCUT2D eigenvalue weighted by molar-refractivity contribution is -0.275. The average molecular weight is 434 g/mol. The minimum Gasteiger partial charge on any atom is -0.403 e. The van der Waals surface area contributed by atoms with Crippen molar-refractivity contribution < 1.29 is 31.8 Å². The Morgan fingerprint density at radius 2 is 1.97 bits per heavy atom. The van der Waals surface area contributed by atoms with Crippen LogP contribution < -0.4 is 4.74 Å². The smallest absolute Gasteiger partial charge is 0.403 e. The highest BCUT2D eigenvalue weighted by molar-refractivity contribution is 6.58. The Morgan fingerprint density at radius 1 is 1.28 bits per heavy atom. The summed E-state index contributed by atoms with van der Waals surface area (Å²) in [7, 11) is -0.406. The molecule has 0 bridgehead atoms. The van der Waals surface area contributed by atoms with E-state index in [1.165, 1.54) is 18.2 Å². The van der Waals surface area contributed by atoms with Gasteiger partial charge in [0.05, 0.1) is 6.17 Å². The molecule has 0 aliphatic carbocycles. The third-order valence-corrected chi connectivity index (χ3v) is 8.09. The second-order valence-electron chi connectivity index (χ2n) is 7.58. The molecule has 1 fully saturated rings. The van der Waals surface area contributed by atoms with Gasteiger partial charge in [-0.1, -0.05) is 49.2 Å². The fourth-order valence-corrected chi connectivity index (χ4v) is 6.62. The molecule has 0 spiro atoms. The Balaban J connectivity index is 1.78. The summed E-state index contributed by atoms with van der Waals surface area (Å²) in [5, 5.41) is 10.1. The third-order valence-electron chi connectivity index (χ3n) is 5.04. The zero-order chi connectivity index (χ0) is 21.4. The Labute approximate surface area is 170 Å². The first-order valence-corrected chi connectivity index (χ1v) is 12.0. The largest absolute Gasteiger partial charge is 0.573 e. The van der Waals surface area contributed by atoms with Gasteiger partial charge in [-0.3, -0.25) is 0 Å². The van der Waals surface area contributed by atoms with Crippen LogP contribution in [0, 0.1) is 23.6 Å². The second-order valence-corrected chi connectivity index (χ2v) is 10.6. The van der Waals surface area contributed by atoms with Crippen molar-refractivity contribution in [3.05, 3.63) is 29.6 Å². The predicted molar refractivity (Wildman–Crippen MR) is 103 cm³/mol. The third kappa shape index (κ3) is 9.17. The summed E-state index contributed by atoms with van der Waals surface area (Å²) in [5.74, 6) is 3.56. The summed E-state index contributed by atoms with van der Waals surface area (Å²) >= 11 is 0. The minimum atomic E-state index is -4.96. The molecule has 1 aliphatic rings. The molecule has 1 aromatic rings. The van der Waals surface area contributed by atoms with E-state index in [0.717, 1.165) is 37.4 Å².